The third kappa shape index (κ3) is 5.16. The van der Waals surface area contributed by atoms with Gasteiger partial charge < -0.3 is 9.47 Å². The third-order valence-corrected chi connectivity index (χ3v) is 6.01. The van der Waals surface area contributed by atoms with Crippen LogP contribution in [0.25, 0.3) is 17.1 Å². The van der Waals surface area contributed by atoms with Crippen LogP contribution in [0.4, 0.5) is 0 Å². The van der Waals surface area contributed by atoms with Crippen LogP contribution >= 0.6 is 23.4 Å². The van der Waals surface area contributed by atoms with Gasteiger partial charge in [-0.1, -0.05) is 35.5 Å². The normalized spacial score (nSPS) is 14.7. The predicted octanol–water partition coefficient (Wildman–Crippen LogP) is 4.41. The quantitative estimate of drug-likeness (QED) is 0.480. The highest BCUT2D eigenvalue weighted by atomic mass is 35.5. The fourth-order valence-electron chi connectivity index (χ4n) is 3.36. The maximum Gasteiger partial charge on any atom is 0.196 e. The monoisotopic (exact) mass is 444 g/mol. The van der Waals surface area contributed by atoms with Gasteiger partial charge in [0, 0.05) is 41.7 Å². The second kappa shape index (κ2) is 10.3. The molecule has 0 N–H and O–H groups in total. The molecule has 0 amide bonds. The Kier molecular flexibility index (Phi) is 7.28. The Balaban J connectivity index is 1.60. The van der Waals surface area contributed by atoms with Crippen molar-refractivity contribution in [3.8, 4) is 22.8 Å². The standard InChI is InChI=1S/C22H25ClN4O2S/c1-2-29-20-8-6-19(7-9-20)27-21(17-4-3-5-18(23)16-17)24-25-22(27)30-15-12-26-10-13-28-14-11-26/h3-9,16H,2,10-15H2,1H3. The summed E-state index contributed by atoms with van der Waals surface area (Å²) in [5.41, 5.74) is 1.93. The molecule has 1 aromatic heterocycles. The minimum Gasteiger partial charge on any atom is -0.494 e. The van der Waals surface area contributed by atoms with Crippen LogP contribution < -0.4 is 4.74 Å². The molecule has 0 atom stereocenters. The van der Waals surface area contributed by atoms with E-state index in [-0.39, 0.29) is 0 Å². The van der Waals surface area contributed by atoms with Gasteiger partial charge in [-0.25, -0.2) is 0 Å². The lowest BCUT2D eigenvalue weighted by atomic mass is 10.2. The zero-order chi connectivity index (χ0) is 20.8. The zero-order valence-corrected chi connectivity index (χ0v) is 18.5. The number of benzene rings is 2. The highest BCUT2D eigenvalue weighted by Gasteiger charge is 2.17. The summed E-state index contributed by atoms with van der Waals surface area (Å²) in [7, 11) is 0. The Morgan fingerprint density at radius 2 is 1.90 bits per heavy atom. The van der Waals surface area contributed by atoms with Crippen LogP contribution in [0.3, 0.4) is 0 Å². The van der Waals surface area contributed by atoms with Gasteiger partial charge in [-0.3, -0.25) is 9.47 Å². The molecule has 0 spiro atoms. The fourth-order valence-corrected chi connectivity index (χ4v) is 4.50. The van der Waals surface area contributed by atoms with Crippen molar-refractivity contribution in [2.24, 2.45) is 0 Å². The second-order valence-electron chi connectivity index (χ2n) is 6.88. The smallest absolute Gasteiger partial charge is 0.196 e. The van der Waals surface area contributed by atoms with Crippen LogP contribution in [-0.4, -0.2) is 64.9 Å². The number of hydrogen-bond acceptors (Lipinski definition) is 6. The highest BCUT2D eigenvalue weighted by Crippen LogP contribution is 2.30. The van der Waals surface area contributed by atoms with E-state index in [1.54, 1.807) is 11.8 Å². The first-order valence-electron chi connectivity index (χ1n) is 10.1. The molecule has 0 radical (unpaired) electrons. The third-order valence-electron chi connectivity index (χ3n) is 4.86. The van der Waals surface area contributed by atoms with E-state index >= 15 is 0 Å². The second-order valence-corrected chi connectivity index (χ2v) is 8.38. The van der Waals surface area contributed by atoms with E-state index in [9.17, 15) is 0 Å². The lowest BCUT2D eigenvalue weighted by Gasteiger charge is -2.26. The number of halogens is 1. The number of nitrogens with zero attached hydrogens (tertiary/aromatic N) is 4. The number of rotatable bonds is 8. The molecule has 0 aliphatic carbocycles. The van der Waals surface area contributed by atoms with Gasteiger partial charge in [-0.15, -0.1) is 10.2 Å². The number of aromatic nitrogens is 3. The van der Waals surface area contributed by atoms with Gasteiger partial charge in [0.2, 0.25) is 0 Å². The van der Waals surface area contributed by atoms with Crippen molar-refractivity contribution in [1.29, 1.82) is 0 Å². The SMILES string of the molecule is CCOc1ccc(-n2c(SCCN3CCOCC3)nnc2-c2cccc(Cl)c2)cc1. The van der Waals surface area contributed by atoms with E-state index in [2.05, 4.69) is 19.7 Å². The Morgan fingerprint density at radius 1 is 1.10 bits per heavy atom. The first-order valence-corrected chi connectivity index (χ1v) is 11.5. The first kappa shape index (κ1) is 21.2. The van der Waals surface area contributed by atoms with Crippen molar-refractivity contribution in [1.82, 2.24) is 19.7 Å². The Labute approximate surface area is 186 Å². The molecule has 1 saturated heterocycles. The molecular weight excluding hydrogens is 420 g/mol. The molecule has 8 heteroatoms. The molecule has 1 aliphatic heterocycles. The van der Waals surface area contributed by atoms with Gasteiger partial charge >= 0.3 is 0 Å². The average Bonchev–Trinajstić information content (AvgIpc) is 3.19. The molecule has 6 nitrogen and oxygen atoms in total. The van der Waals surface area contributed by atoms with Crippen LogP contribution in [0.15, 0.2) is 53.7 Å². The lowest BCUT2D eigenvalue weighted by molar-refractivity contribution is 0.0410. The van der Waals surface area contributed by atoms with Crippen molar-refractivity contribution in [2.75, 3.05) is 45.2 Å². The number of morpholine rings is 1. The topological polar surface area (TPSA) is 52.4 Å². The maximum absolute atomic E-state index is 6.23. The predicted molar refractivity (Wildman–Crippen MR) is 121 cm³/mol. The molecule has 1 fully saturated rings. The van der Waals surface area contributed by atoms with Gasteiger partial charge in [0.1, 0.15) is 5.75 Å². The Bertz CT molecular complexity index is 958. The zero-order valence-electron chi connectivity index (χ0n) is 17.0. The van der Waals surface area contributed by atoms with Crippen LogP contribution in [-0.2, 0) is 4.74 Å². The average molecular weight is 445 g/mol. The minimum absolute atomic E-state index is 0.641. The van der Waals surface area contributed by atoms with E-state index in [0.717, 1.165) is 66.6 Å². The lowest BCUT2D eigenvalue weighted by Crippen LogP contribution is -2.37. The van der Waals surface area contributed by atoms with Gasteiger partial charge in [0.05, 0.1) is 19.8 Å². The summed E-state index contributed by atoms with van der Waals surface area (Å²) in [4.78, 5) is 2.42. The molecule has 0 unspecified atom stereocenters. The van der Waals surface area contributed by atoms with Crippen molar-refractivity contribution in [2.45, 2.75) is 12.1 Å². The molecule has 0 bridgehead atoms. The summed E-state index contributed by atoms with van der Waals surface area (Å²) in [6.45, 7) is 7.21. The molecule has 4 rings (SSSR count). The maximum atomic E-state index is 6.23. The molecule has 2 aromatic carbocycles. The number of ether oxygens (including phenoxy) is 2. The molecule has 2 heterocycles. The summed E-state index contributed by atoms with van der Waals surface area (Å²) in [6, 6.07) is 15.7. The highest BCUT2D eigenvalue weighted by molar-refractivity contribution is 7.99. The van der Waals surface area contributed by atoms with Gasteiger partial charge in [-0.05, 0) is 43.3 Å². The molecule has 0 saturated carbocycles. The summed E-state index contributed by atoms with van der Waals surface area (Å²) in [5.74, 6) is 2.56. The van der Waals surface area contributed by atoms with Crippen LogP contribution in [0.2, 0.25) is 5.02 Å². The van der Waals surface area contributed by atoms with Crippen molar-refractivity contribution in [3.63, 3.8) is 0 Å². The Morgan fingerprint density at radius 3 is 2.63 bits per heavy atom. The molecule has 158 valence electrons. The van der Waals surface area contributed by atoms with Crippen molar-refractivity contribution >= 4 is 23.4 Å². The fraction of sp³-hybridized carbons (Fsp3) is 0.364. The summed E-state index contributed by atoms with van der Waals surface area (Å²) >= 11 is 7.94. The van der Waals surface area contributed by atoms with Crippen molar-refractivity contribution < 1.29 is 9.47 Å². The van der Waals surface area contributed by atoms with E-state index in [0.29, 0.717) is 11.6 Å². The van der Waals surface area contributed by atoms with E-state index in [1.165, 1.54) is 0 Å². The molecular formula is C22H25ClN4O2S. The molecule has 1 aliphatic rings. The first-order chi connectivity index (χ1) is 14.7. The number of thioether (sulfide) groups is 1. The largest absolute Gasteiger partial charge is 0.494 e. The van der Waals surface area contributed by atoms with Gasteiger partial charge in [0.15, 0.2) is 11.0 Å². The summed E-state index contributed by atoms with van der Waals surface area (Å²) in [6.07, 6.45) is 0. The summed E-state index contributed by atoms with van der Waals surface area (Å²) < 4.78 is 13.1. The van der Waals surface area contributed by atoms with Crippen LogP contribution in [0, 0.1) is 0 Å². The molecule has 30 heavy (non-hydrogen) atoms. The van der Waals surface area contributed by atoms with Gasteiger partial charge in [0.25, 0.3) is 0 Å². The van der Waals surface area contributed by atoms with E-state index in [1.807, 2.05) is 55.5 Å². The minimum atomic E-state index is 0.641. The van der Waals surface area contributed by atoms with Crippen molar-refractivity contribution in [3.05, 3.63) is 53.6 Å². The van der Waals surface area contributed by atoms with Crippen LogP contribution in [0.1, 0.15) is 6.92 Å². The van der Waals surface area contributed by atoms with Crippen LogP contribution in [0.5, 0.6) is 5.75 Å². The Hall–Kier alpha value is -2.06. The van der Waals surface area contributed by atoms with E-state index < -0.39 is 0 Å². The number of hydrogen-bond donors (Lipinski definition) is 0. The molecule has 3 aromatic rings. The summed E-state index contributed by atoms with van der Waals surface area (Å²) in [5, 5.41) is 10.5. The van der Waals surface area contributed by atoms with E-state index in [4.69, 9.17) is 21.1 Å². The van der Waals surface area contributed by atoms with Gasteiger partial charge in [-0.2, -0.15) is 0 Å².